The minimum Gasteiger partial charge on any atom is -0.456 e. The predicted molar refractivity (Wildman–Crippen MR) is 114 cm³/mol. The molecule has 5 aromatic carbocycles. The summed E-state index contributed by atoms with van der Waals surface area (Å²) in [4.78, 5) is 0. The average Bonchev–Trinajstić information content (AvgIpc) is 3.04. The molecular formula is C24H13BrO. The number of hydrogen-bond acceptors (Lipinski definition) is 1. The molecule has 0 saturated carbocycles. The van der Waals surface area contributed by atoms with E-state index in [9.17, 15) is 0 Å². The molecule has 0 bridgehead atoms. The lowest BCUT2D eigenvalue weighted by Gasteiger charge is -2.10. The molecule has 0 aliphatic carbocycles. The fraction of sp³-hybridized carbons (Fsp3) is 0. The van der Waals surface area contributed by atoms with Crippen LogP contribution < -0.4 is 0 Å². The van der Waals surface area contributed by atoms with E-state index >= 15 is 0 Å². The SMILES string of the molecule is Brc1ccc2oc3cc4c5ccccc5c5ccccc5c4cc3c2c1. The molecule has 1 aromatic heterocycles. The van der Waals surface area contributed by atoms with E-state index in [1.165, 1.54) is 32.3 Å². The molecule has 0 atom stereocenters. The van der Waals surface area contributed by atoms with Crippen molar-refractivity contribution in [2.45, 2.75) is 0 Å². The van der Waals surface area contributed by atoms with E-state index in [0.717, 1.165) is 26.4 Å². The van der Waals surface area contributed by atoms with E-state index in [1.807, 2.05) is 12.1 Å². The lowest BCUT2D eigenvalue weighted by molar-refractivity contribution is 0.669. The Balaban J connectivity index is 1.94. The highest BCUT2D eigenvalue weighted by atomic mass is 79.9. The minimum absolute atomic E-state index is 0.923. The zero-order valence-electron chi connectivity index (χ0n) is 13.8. The summed E-state index contributed by atoms with van der Waals surface area (Å²) >= 11 is 3.58. The molecule has 0 fully saturated rings. The van der Waals surface area contributed by atoms with Crippen LogP contribution in [0, 0.1) is 0 Å². The molecule has 1 nitrogen and oxygen atoms in total. The summed E-state index contributed by atoms with van der Waals surface area (Å²) in [5.74, 6) is 0. The molecule has 0 aliphatic heterocycles. The topological polar surface area (TPSA) is 13.1 Å². The number of benzene rings is 5. The number of rotatable bonds is 0. The molecular weight excluding hydrogens is 384 g/mol. The first-order valence-electron chi connectivity index (χ1n) is 8.64. The Morgan fingerprint density at radius 3 is 1.65 bits per heavy atom. The van der Waals surface area contributed by atoms with E-state index in [2.05, 4.69) is 82.7 Å². The zero-order chi connectivity index (χ0) is 17.3. The third-order valence-corrected chi connectivity index (χ3v) is 5.79. The van der Waals surface area contributed by atoms with Gasteiger partial charge in [-0.15, -0.1) is 0 Å². The maximum absolute atomic E-state index is 6.16. The summed E-state index contributed by atoms with van der Waals surface area (Å²) in [6, 6.07) is 28.0. The molecule has 6 rings (SSSR count). The van der Waals surface area contributed by atoms with Gasteiger partial charge in [-0.1, -0.05) is 64.5 Å². The minimum atomic E-state index is 0.923. The van der Waals surface area contributed by atoms with Crippen LogP contribution in [0.2, 0.25) is 0 Å². The molecule has 26 heavy (non-hydrogen) atoms. The maximum Gasteiger partial charge on any atom is 0.136 e. The van der Waals surface area contributed by atoms with Crippen molar-refractivity contribution in [2.24, 2.45) is 0 Å². The first-order valence-corrected chi connectivity index (χ1v) is 9.44. The summed E-state index contributed by atoms with van der Waals surface area (Å²) < 4.78 is 7.22. The average molecular weight is 397 g/mol. The summed E-state index contributed by atoms with van der Waals surface area (Å²) in [5, 5.41) is 9.96. The van der Waals surface area contributed by atoms with Gasteiger partial charge in [-0.2, -0.15) is 0 Å². The second kappa shape index (κ2) is 5.09. The van der Waals surface area contributed by atoms with Crippen LogP contribution in [0.4, 0.5) is 0 Å². The smallest absolute Gasteiger partial charge is 0.136 e. The van der Waals surface area contributed by atoms with Crippen LogP contribution >= 0.6 is 15.9 Å². The van der Waals surface area contributed by atoms with Gasteiger partial charge in [-0.3, -0.25) is 0 Å². The summed E-state index contributed by atoms with van der Waals surface area (Å²) in [5.41, 5.74) is 1.86. The van der Waals surface area contributed by atoms with Gasteiger partial charge in [0, 0.05) is 15.2 Å². The largest absolute Gasteiger partial charge is 0.456 e. The van der Waals surface area contributed by atoms with Crippen LogP contribution in [-0.2, 0) is 0 Å². The van der Waals surface area contributed by atoms with Gasteiger partial charge < -0.3 is 4.42 Å². The zero-order valence-corrected chi connectivity index (χ0v) is 15.4. The Labute approximate surface area is 158 Å². The lowest BCUT2D eigenvalue weighted by Crippen LogP contribution is -1.83. The lowest BCUT2D eigenvalue weighted by atomic mass is 9.93. The third-order valence-electron chi connectivity index (χ3n) is 5.30. The number of fused-ring (bicyclic) bond motifs is 9. The van der Waals surface area contributed by atoms with Gasteiger partial charge >= 0.3 is 0 Å². The highest BCUT2D eigenvalue weighted by molar-refractivity contribution is 9.10. The van der Waals surface area contributed by atoms with E-state index in [0.29, 0.717) is 0 Å². The molecule has 0 unspecified atom stereocenters. The van der Waals surface area contributed by atoms with Crippen molar-refractivity contribution < 1.29 is 4.42 Å². The Hall–Kier alpha value is -2.84. The molecule has 0 N–H and O–H groups in total. The number of hydrogen-bond donors (Lipinski definition) is 0. The third kappa shape index (κ3) is 1.85. The molecule has 1 heterocycles. The molecule has 2 heteroatoms. The van der Waals surface area contributed by atoms with Crippen molar-refractivity contribution >= 4 is 70.2 Å². The van der Waals surface area contributed by atoms with E-state index in [1.54, 1.807) is 0 Å². The van der Waals surface area contributed by atoms with Crippen molar-refractivity contribution in [2.75, 3.05) is 0 Å². The first-order chi connectivity index (χ1) is 12.8. The summed E-state index contributed by atoms with van der Waals surface area (Å²) in [6.45, 7) is 0. The molecule has 0 saturated heterocycles. The van der Waals surface area contributed by atoms with Crippen LogP contribution in [0.3, 0.4) is 0 Å². The van der Waals surface area contributed by atoms with Crippen LogP contribution in [0.5, 0.6) is 0 Å². The van der Waals surface area contributed by atoms with Crippen molar-refractivity contribution in [3.63, 3.8) is 0 Å². The van der Waals surface area contributed by atoms with Crippen LogP contribution in [-0.4, -0.2) is 0 Å². The molecule has 0 aliphatic rings. The summed E-state index contributed by atoms with van der Waals surface area (Å²) in [7, 11) is 0. The fourth-order valence-corrected chi connectivity index (χ4v) is 4.51. The van der Waals surface area contributed by atoms with Crippen LogP contribution in [0.15, 0.2) is 87.8 Å². The first kappa shape index (κ1) is 14.3. The maximum atomic E-state index is 6.16. The fourth-order valence-electron chi connectivity index (χ4n) is 4.15. The van der Waals surface area contributed by atoms with Crippen molar-refractivity contribution in [3.05, 3.63) is 83.3 Å². The highest BCUT2D eigenvalue weighted by Gasteiger charge is 2.13. The molecule has 6 aromatic rings. The predicted octanol–water partition coefficient (Wildman–Crippen LogP) is 7.81. The van der Waals surface area contributed by atoms with E-state index in [-0.39, 0.29) is 0 Å². The molecule has 0 spiro atoms. The van der Waals surface area contributed by atoms with Gasteiger partial charge in [-0.25, -0.2) is 0 Å². The Morgan fingerprint density at radius 2 is 1.00 bits per heavy atom. The quantitative estimate of drug-likeness (QED) is 0.238. The number of furan rings is 1. The van der Waals surface area contributed by atoms with Gasteiger partial charge in [0.05, 0.1) is 0 Å². The molecule has 0 radical (unpaired) electrons. The van der Waals surface area contributed by atoms with Gasteiger partial charge in [-0.05, 0) is 62.6 Å². The van der Waals surface area contributed by atoms with Gasteiger partial charge in [0.25, 0.3) is 0 Å². The van der Waals surface area contributed by atoms with E-state index < -0.39 is 0 Å². The van der Waals surface area contributed by atoms with Gasteiger partial charge in [0.2, 0.25) is 0 Å². The monoisotopic (exact) mass is 396 g/mol. The molecule has 0 amide bonds. The molecule has 122 valence electrons. The highest BCUT2D eigenvalue weighted by Crippen LogP contribution is 2.40. The normalized spacial score (nSPS) is 12.0. The Bertz CT molecular complexity index is 1490. The van der Waals surface area contributed by atoms with E-state index in [4.69, 9.17) is 4.42 Å². The second-order valence-corrected chi connectivity index (χ2v) is 7.64. The van der Waals surface area contributed by atoms with Crippen LogP contribution in [0.25, 0.3) is 54.3 Å². The van der Waals surface area contributed by atoms with Crippen molar-refractivity contribution in [1.82, 2.24) is 0 Å². The van der Waals surface area contributed by atoms with Gasteiger partial charge in [0.1, 0.15) is 11.2 Å². The van der Waals surface area contributed by atoms with Crippen molar-refractivity contribution in [3.8, 4) is 0 Å². The van der Waals surface area contributed by atoms with Crippen LogP contribution in [0.1, 0.15) is 0 Å². The van der Waals surface area contributed by atoms with Crippen molar-refractivity contribution in [1.29, 1.82) is 0 Å². The standard InChI is InChI=1S/C24H13BrO/c25-14-9-10-23-21(11-14)22-12-19-17-7-3-1-5-15(17)16-6-2-4-8-18(16)20(19)13-24(22)26-23/h1-13H. The number of halogens is 1. The van der Waals surface area contributed by atoms with Gasteiger partial charge in [0.15, 0.2) is 0 Å². The Kier molecular flexibility index (Phi) is 2.81. The Morgan fingerprint density at radius 1 is 0.462 bits per heavy atom. The second-order valence-electron chi connectivity index (χ2n) is 6.73. The summed E-state index contributed by atoms with van der Waals surface area (Å²) in [6.07, 6.45) is 0.